The second-order valence-electron chi connectivity index (χ2n) is 2.99. The van der Waals surface area contributed by atoms with E-state index in [2.05, 4.69) is 0 Å². The van der Waals surface area contributed by atoms with Crippen LogP contribution in [0.25, 0.3) is 0 Å². The Bertz CT molecular complexity index is 368. The smallest absolute Gasteiger partial charge is 0.205 e. The van der Waals surface area contributed by atoms with Crippen molar-refractivity contribution in [3.63, 3.8) is 0 Å². The van der Waals surface area contributed by atoms with Gasteiger partial charge in [0.2, 0.25) is 0 Å². The molecular formula is C9H7ClF4. The van der Waals surface area contributed by atoms with Crippen LogP contribution in [0.4, 0.5) is 17.6 Å². The van der Waals surface area contributed by atoms with Crippen molar-refractivity contribution in [1.29, 1.82) is 0 Å². The minimum atomic E-state index is -4.61. The summed E-state index contributed by atoms with van der Waals surface area (Å²) >= 11 is 5.26. The third-order valence-electron chi connectivity index (χ3n) is 2.02. The van der Waals surface area contributed by atoms with Gasteiger partial charge in [0, 0.05) is 0 Å². The van der Waals surface area contributed by atoms with Gasteiger partial charge in [-0.15, -0.1) is 0 Å². The molecule has 0 fully saturated rings. The number of alkyl halides is 3. The van der Waals surface area contributed by atoms with Crippen molar-refractivity contribution in [3.8, 4) is 0 Å². The molecule has 78 valence electrons. The molecule has 1 aromatic carbocycles. The first-order chi connectivity index (χ1) is 6.25. The summed E-state index contributed by atoms with van der Waals surface area (Å²) in [6.45, 7) is 2.79. The van der Waals surface area contributed by atoms with Crippen molar-refractivity contribution in [2.24, 2.45) is 0 Å². The maximum absolute atomic E-state index is 13.2. The average molecular weight is 227 g/mol. The molecule has 0 aromatic heterocycles. The lowest BCUT2D eigenvalue weighted by atomic mass is 10.1. The van der Waals surface area contributed by atoms with Crippen LogP contribution in [-0.2, 0) is 6.18 Å². The van der Waals surface area contributed by atoms with Crippen molar-refractivity contribution in [1.82, 2.24) is 0 Å². The summed E-state index contributed by atoms with van der Waals surface area (Å²) in [5, 5.41) is -0.861. The van der Waals surface area contributed by atoms with Gasteiger partial charge < -0.3 is 0 Å². The predicted octanol–water partition coefficient (Wildman–Crippen LogP) is 4.11. The van der Waals surface area contributed by atoms with Crippen LogP contribution in [-0.4, -0.2) is 0 Å². The molecule has 0 nitrogen and oxygen atoms in total. The fourth-order valence-electron chi connectivity index (χ4n) is 1.05. The number of hydrogen-bond acceptors (Lipinski definition) is 0. The van der Waals surface area contributed by atoms with Gasteiger partial charge in [-0.1, -0.05) is 11.6 Å². The van der Waals surface area contributed by atoms with Gasteiger partial charge in [-0.3, -0.25) is 0 Å². The Morgan fingerprint density at radius 3 is 2.14 bits per heavy atom. The lowest BCUT2D eigenvalue weighted by Gasteiger charge is -2.12. The van der Waals surface area contributed by atoms with Gasteiger partial charge in [0.25, 0.3) is 0 Å². The zero-order chi connectivity index (χ0) is 11.1. The van der Waals surface area contributed by atoms with E-state index in [1.807, 2.05) is 0 Å². The molecule has 0 atom stereocenters. The van der Waals surface area contributed by atoms with Crippen LogP contribution >= 0.6 is 11.6 Å². The van der Waals surface area contributed by atoms with Crippen molar-refractivity contribution >= 4 is 11.6 Å². The fourth-order valence-corrected chi connectivity index (χ4v) is 1.35. The van der Waals surface area contributed by atoms with Crippen LogP contribution in [0.2, 0.25) is 5.02 Å². The van der Waals surface area contributed by atoms with Crippen molar-refractivity contribution in [3.05, 3.63) is 33.6 Å². The molecule has 5 heteroatoms. The zero-order valence-electron chi connectivity index (χ0n) is 7.47. The highest BCUT2D eigenvalue weighted by molar-refractivity contribution is 6.31. The molecule has 0 spiro atoms. The molecule has 0 saturated carbocycles. The van der Waals surface area contributed by atoms with E-state index in [0.717, 1.165) is 6.07 Å². The highest BCUT2D eigenvalue weighted by Gasteiger charge is 2.35. The molecule has 0 bridgehead atoms. The third-order valence-corrected chi connectivity index (χ3v) is 2.39. The molecule has 1 rings (SSSR count). The predicted molar refractivity (Wildman–Crippen MR) is 45.9 cm³/mol. The number of hydrogen-bond donors (Lipinski definition) is 0. The van der Waals surface area contributed by atoms with Gasteiger partial charge in [-0.25, -0.2) is 4.39 Å². The monoisotopic (exact) mass is 226 g/mol. The molecule has 0 radical (unpaired) electrons. The van der Waals surface area contributed by atoms with Gasteiger partial charge in [0.15, 0.2) is 0 Å². The van der Waals surface area contributed by atoms with E-state index in [4.69, 9.17) is 11.6 Å². The quantitative estimate of drug-likeness (QED) is 0.584. The van der Waals surface area contributed by atoms with E-state index in [-0.39, 0.29) is 11.1 Å². The molecule has 0 unspecified atom stereocenters. The molecule has 0 aliphatic carbocycles. The molecule has 14 heavy (non-hydrogen) atoms. The maximum Gasteiger partial charge on any atom is 0.417 e. The van der Waals surface area contributed by atoms with E-state index >= 15 is 0 Å². The van der Waals surface area contributed by atoms with Gasteiger partial charge in [0.05, 0.1) is 10.6 Å². The highest BCUT2D eigenvalue weighted by atomic mass is 35.5. The summed E-state index contributed by atoms with van der Waals surface area (Å²) in [7, 11) is 0. The SMILES string of the molecule is Cc1cc(C(F)(F)F)c(Cl)c(F)c1C. The minimum Gasteiger partial charge on any atom is -0.205 e. The van der Waals surface area contributed by atoms with E-state index in [0.29, 0.717) is 0 Å². The summed E-state index contributed by atoms with van der Waals surface area (Å²) in [6, 6.07) is 0.848. The molecule has 0 aliphatic rings. The normalized spacial score (nSPS) is 11.9. The second kappa shape index (κ2) is 3.42. The van der Waals surface area contributed by atoms with Crippen LogP contribution in [0.5, 0.6) is 0 Å². The average Bonchev–Trinajstić information content (AvgIpc) is 2.06. The summed E-state index contributed by atoms with van der Waals surface area (Å²) in [6.07, 6.45) is -4.61. The van der Waals surface area contributed by atoms with Crippen molar-refractivity contribution in [2.45, 2.75) is 20.0 Å². The van der Waals surface area contributed by atoms with E-state index in [9.17, 15) is 17.6 Å². The standard InChI is InChI=1S/C9H7ClF4/c1-4-3-6(9(12,13)14)7(10)8(11)5(4)2/h3H,1-2H3. The summed E-state index contributed by atoms with van der Waals surface area (Å²) in [5.74, 6) is -1.00. The maximum atomic E-state index is 13.2. The van der Waals surface area contributed by atoms with Crippen LogP contribution in [0.15, 0.2) is 6.07 Å². The summed E-state index contributed by atoms with van der Waals surface area (Å²) in [5.41, 5.74) is -0.748. The van der Waals surface area contributed by atoms with Crippen LogP contribution in [0.1, 0.15) is 16.7 Å². The van der Waals surface area contributed by atoms with E-state index < -0.39 is 22.6 Å². The van der Waals surface area contributed by atoms with Gasteiger partial charge in [-0.2, -0.15) is 13.2 Å². The summed E-state index contributed by atoms with van der Waals surface area (Å²) < 4.78 is 50.0. The van der Waals surface area contributed by atoms with Crippen molar-refractivity contribution < 1.29 is 17.6 Å². The Labute approximate surface area is 83.5 Å². The molecule has 0 aliphatic heterocycles. The molecule has 0 N–H and O–H groups in total. The second-order valence-corrected chi connectivity index (χ2v) is 3.37. The van der Waals surface area contributed by atoms with Crippen LogP contribution < -0.4 is 0 Å². The molecular weight excluding hydrogens is 220 g/mol. The minimum absolute atomic E-state index is 0.142. The van der Waals surface area contributed by atoms with Gasteiger partial charge in [-0.05, 0) is 31.0 Å². The first-order valence-electron chi connectivity index (χ1n) is 3.77. The van der Waals surface area contributed by atoms with E-state index in [1.165, 1.54) is 13.8 Å². The lowest BCUT2D eigenvalue weighted by Crippen LogP contribution is -2.08. The largest absolute Gasteiger partial charge is 0.417 e. The topological polar surface area (TPSA) is 0 Å². The number of halogens is 5. The van der Waals surface area contributed by atoms with Crippen LogP contribution in [0, 0.1) is 19.7 Å². The van der Waals surface area contributed by atoms with Crippen molar-refractivity contribution in [2.75, 3.05) is 0 Å². The highest BCUT2D eigenvalue weighted by Crippen LogP contribution is 2.37. The molecule has 0 amide bonds. The first kappa shape index (κ1) is 11.3. The fraction of sp³-hybridized carbons (Fsp3) is 0.333. The molecule has 0 heterocycles. The third kappa shape index (κ3) is 1.85. The molecule has 0 saturated heterocycles. The number of aryl methyl sites for hydroxylation is 1. The molecule has 1 aromatic rings. The Morgan fingerprint density at radius 1 is 1.21 bits per heavy atom. The van der Waals surface area contributed by atoms with Crippen LogP contribution in [0.3, 0.4) is 0 Å². The Balaban J connectivity index is 3.49. The Kier molecular flexibility index (Phi) is 2.76. The summed E-state index contributed by atoms with van der Waals surface area (Å²) in [4.78, 5) is 0. The van der Waals surface area contributed by atoms with Gasteiger partial charge >= 0.3 is 6.18 Å². The first-order valence-corrected chi connectivity index (χ1v) is 4.15. The number of benzene rings is 1. The Morgan fingerprint density at radius 2 is 1.71 bits per heavy atom. The van der Waals surface area contributed by atoms with E-state index in [1.54, 1.807) is 0 Å². The van der Waals surface area contributed by atoms with Gasteiger partial charge in [0.1, 0.15) is 5.82 Å². The lowest BCUT2D eigenvalue weighted by molar-refractivity contribution is -0.137. The number of rotatable bonds is 0. The zero-order valence-corrected chi connectivity index (χ0v) is 8.22. The Hall–Kier alpha value is -0.770.